The van der Waals surface area contributed by atoms with Gasteiger partial charge in [-0.2, -0.15) is 8.75 Å². The van der Waals surface area contributed by atoms with E-state index in [1.54, 1.807) is 0 Å². The first-order chi connectivity index (χ1) is 9.15. The topological polar surface area (TPSA) is 37.8 Å². The van der Waals surface area contributed by atoms with E-state index in [0.29, 0.717) is 12.0 Å². The summed E-state index contributed by atoms with van der Waals surface area (Å²) in [5.74, 6) is 0.712. The van der Waals surface area contributed by atoms with Gasteiger partial charge in [-0.25, -0.2) is 0 Å². The Balaban J connectivity index is 2.23. The van der Waals surface area contributed by atoms with Crippen molar-refractivity contribution in [3.8, 4) is 0 Å². The summed E-state index contributed by atoms with van der Waals surface area (Å²) in [6.45, 7) is 6.72. The first-order valence-electron chi connectivity index (χ1n) is 6.83. The fourth-order valence-electron chi connectivity index (χ4n) is 2.15. The summed E-state index contributed by atoms with van der Waals surface area (Å²) in [7, 11) is 0. The summed E-state index contributed by atoms with van der Waals surface area (Å²) in [6.07, 6.45) is 3.43. The maximum Gasteiger partial charge on any atom is 0.129 e. The van der Waals surface area contributed by atoms with Gasteiger partial charge >= 0.3 is 0 Å². The van der Waals surface area contributed by atoms with Gasteiger partial charge in [0.25, 0.3) is 0 Å². The van der Waals surface area contributed by atoms with Crippen LogP contribution in [-0.2, 0) is 0 Å². The minimum atomic E-state index is 0.430. The molecule has 0 fully saturated rings. The molecule has 1 heterocycles. The number of nitrogens with one attached hydrogen (secondary N) is 1. The molecule has 104 valence electrons. The molecule has 0 aliphatic rings. The Morgan fingerprint density at radius 3 is 2.74 bits per heavy atom. The van der Waals surface area contributed by atoms with Crippen LogP contribution in [-0.4, -0.2) is 14.8 Å². The van der Waals surface area contributed by atoms with Gasteiger partial charge < -0.3 is 5.32 Å². The second-order valence-corrected chi connectivity index (χ2v) is 5.99. The molecular formula is C14H20ClN3S. The van der Waals surface area contributed by atoms with Crippen molar-refractivity contribution in [3.63, 3.8) is 0 Å². The minimum Gasteiger partial charge on any atom is -0.379 e. The van der Waals surface area contributed by atoms with Crippen LogP contribution in [0.25, 0.3) is 11.0 Å². The van der Waals surface area contributed by atoms with Crippen molar-refractivity contribution in [1.82, 2.24) is 8.75 Å². The van der Waals surface area contributed by atoms with E-state index in [1.165, 1.54) is 18.1 Å². The lowest BCUT2D eigenvalue weighted by Crippen LogP contribution is -2.21. The summed E-state index contributed by atoms with van der Waals surface area (Å²) in [5.41, 5.74) is 2.73. The van der Waals surface area contributed by atoms with Crippen molar-refractivity contribution in [2.45, 2.75) is 46.1 Å². The molecule has 3 nitrogen and oxygen atoms in total. The summed E-state index contributed by atoms with van der Waals surface area (Å²) < 4.78 is 8.61. The van der Waals surface area contributed by atoms with Crippen LogP contribution in [0.3, 0.4) is 0 Å². The van der Waals surface area contributed by atoms with Crippen molar-refractivity contribution < 1.29 is 0 Å². The van der Waals surface area contributed by atoms with Crippen LogP contribution in [0.4, 0.5) is 5.69 Å². The Morgan fingerprint density at radius 1 is 1.26 bits per heavy atom. The monoisotopic (exact) mass is 297 g/mol. The van der Waals surface area contributed by atoms with Crippen LogP contribution in [0.5, 0.6) is 0 Å². The highest BCUT2D eigenvalue weighted by Gasteiger charge is 2.15. The molecule has 0 bridgehead atoms. The largest absolute Gasteiger partial charge is 0.379 e. The zero-order valence-electron chi connectivity index (χ0n) is 11.6. The minimum absolute atomic E-state index is 0.430. The van der Waals surface area contributed by atoms with E-state index in [0.717, 1.165) is 34.6 Å². The second-order valence-electron chi connectivity index (χ2n) is 5.05. The molecule has 0 aliphatic carbocycles. The molecule has 0 aliphatic heterocycles. The van der Waals surface area contributed by atoms with Crippen molar-refractivity contribution in [2.24, 2.45) is 5.92 Å². The zero-order valence-corrected chi connectivity index (χ0v) is 13.2. The first-order valence-corrected chi connectivity index (χ1v) is 7.93. The Bertz CT molecular complexity index is 540. The number of hydrogen-bond donors (Lipinski definition) is 1. The molecule has 0 saturated heterocycles. The van der Waals surface area contributed by atoms with E-state index in [1.807, 2.05) is 12.1 Å². The lowest BCUT2D eigenvalue weighted by atomic mass is 9.97. The van der Waals surface area contributed by atoms with Gasteiger partial charge in [-0.1, -0.05) is 38.8 Å². The van der Waals surface area contributed by atoms with Crippen LogP contribution in [0, 0.1) is 5.92 Å². The molecule has 2 rings (SSSR count). The lowest BCUT2D eigenvalue weighted by molar-refractivity contribution is 0.462. The number of fused-ring (bicyclic) bond motifs is 1. The van der Waals surface area contributed by atoms with E-state index < -0.39 is 0 Å². The predicted molar refractivity (Wildman–Crippen MR) is 84.2 cm³/mol. The maximum atomic E-state index is 6.31. The van der Waals surface area contributed by atoms with E-state index in [4.69, 9.17) is 11.6 Å². The molecule has 5 heteroatoms. The Labute approximate surface area is 123 Å². The number of nitrogens with zero attached hydrogens (tertiary/aromatic N) is 2. The van der Waals surface area contributed by atoms with Gasteiger partial charge in [0.1, 0.15) is 11.0 Å². The first kappa shape index (κ1) is 14.5. The third-order valence-corrected chi connectivity index (χ3v) is 4.46. The summed E-state index contributed by atoms with van der Waals surface area (Å²) in [5, 5.41) is 4.29. The van der Waals surface area contributed by atoms with Crippen LogP contribution in [0.2, 0.25) is 5.02 Å². The van der Waals surface area contributed by atoms with E-state index in [2.05, 4.69) is 34.8 Å². The standard InChI is InChI=1S/C14H20ClN3S/c1-4-9(3)8-10(5-2)16-13-11(15)6-7-12-14(13)18-19-17-12/h6-7,9-10,16H,4-5,8H2,1-3H3. The summed E-state index contributed by atoms with van der Waals surface area (Å²) in [4.78, 5) is 0. The van der Waals surface area contributed by atoms with Crippen molar-refractivity contribution in [1.29, 1.82) is 0 Å². The molecule has 0 saturated carbocycles. The van der Waals surface area contributed by atoms with Crippen LogP contribution in [0.1, 0.15) is 40.0 Å². The number of anilines is 1. The highest BCUT2D eigenvalue weighted by atomic mass is 35.5. The number of hydrogen-bond acceptors (Lipinski definition) is 4. The molecule has 2 atom stereocenters. The van der Waals surface area contributed by atoms with E-state index in [-0.39, 0.29) is 0 Å². The normalized spacial score (nSPS) is 14.5. The SMILES string of the molecule is CCC(C)CC(CC)Nc1c(Cl)ccc2nsnc12. The molecule has 1 aromatic heterocycles. The van der Waals surface area contributed by atoms with Crippen molar-refractivity contribution in [2.75, 3.05) is 5.32 Å². The number of halogens is 1. The molecule has 0 radical (unpaired) electrons. The zero-order chi connectivity index (χ0) is 13.8. The quantitative estimate of drug-likeness (QED) is 0.818. The second kappa shape index (κ2) is 6.53. The molecule has 2 unspecified atom stereocenters. The fourth-order valence-corrected chi connectivity index (χ4v) is 2.90. The molecule has 1 aromatic carbocycles. The van der Waals surface area contributed by atoms with Gasteiger partial charge in [0.05, 0.1) is 22.4 Å². The van der Waals surface area contributed by atoms with Crippen molar-refractivity contribution >= 4 is 40.0 Å². The Hall–Kier alpha value is -0.870. The van der Waals surface area contributed by atoms with Gasteiger partial charge in [0, 0.05) is 6.04 Å². The number of benzene rings is 1. The van der Waals surface area contributed by atoms with Gasteiger partial charge in [0.15, 0.2) is 0 Å². The third-order valence-electron chi connectivity index (χ3n) is 3.60. The maximum absolute atomic E-state index is 6.31. The highest BCUT2D eigenvalue weighted by molar-refractivity contribution is 7.00. The average Bonchev–Trinajstić information content (AvgIpc) is 2.89. The molecule has 0 spiro atoms. The molecule has 19 heavy (non-hydrogen) atoms. The molecular weight excluding hydrogens is 278 g/mol. The lowest BCUT2D eigenvalue weighted by Gasteiger charge is -2.22. The van der Waals surface area contributed by atoms with Crippen LogP contribution < -0.4 is 5.32 Å². The molecule has 1 N–H and O–H groups in total. The average molecular weight is 298 g/mol. The van der Waals surface area contributed by atoms with Crippen LogP contribution in [0.15, 0.2) is 12.1 Å². The Morgan fingerprint density at radius 2 is 2.05 bits per heavy atom. The van der Waals surface area contributed by atoms with Gasteiger partial charge in [0.2, 0.25) is 0 Å². The van der Waals surface area contributed by atoms with Gasteiger partial charge in [-0.15, -0.1) is 0 Å². The third kappa shape index (κ3) is 3.37. The molecule has 0 amide bonds. The van der Waals surface area contributed by atoms with E-state index >= 15 is 0 Å². The van der Waals surface area contributed by atoms with Gasteiger partial charge in [-0.3, -0.25) is 0 Å². The van der Waals surface area contributed by atoms with Crippen molar-refractivity contribution in [3.05, 3.63) is 17.2 Å². The van der Waals surface area contributed by atoms with Crippen LogP contribution >= 0.6 is 23.3 Å². The predicted octanol–water partition coefficient (Wildman–Crippen LogP) is 4.97. The molecule has 2 aromatic rings. The van der Waals surface area contributed by atoms with Gasteiger partial charge in [-0.05, 0) is 30.9 Å². The smallest absolute Gasteiger partial charge is 0.129 e. The highest BCUT2D eigenvalue weighted by Crippen LogP contribution is 2.31. The summed E-state index contributed by atoms with van der Waals surface area (Å²) in [6, 6.07) is 4.24. The van der Waals surface area contributed by atoms with E-state index in [9.17, 15) is 0 Å². The number of rotatable bonds is 6. The fraction of sp³-hybridized carbons (Fsp3) is 0.571. The Kier molecular flexibility index (Phi) is 4.99. The number of aromatic nitrogens is 2. The summed E-state index contributed by atoms with van der Waals surface area (Å²) >= 11 is 7.54.